The predicted molar refractivity (Wildman–Crippen MR) is 56.2 cm³/mol. The molecule has 0 bridgehead atoms. The van der Waals surface area contributed by atoms with E-state index in [1.807, 2.05) is 6.07 Å². The Bertz CT molecular complexity index is 504. The van der Waals surface area contributed by atoms with Crippen LogP contribution in [0.5, 0.6) is 0 Å². The molecule has 3 rings (SSSR count). The van der Waals surface area contributed by atoms with Gasteiger partial charge in [0.15, 0.2) is 11.5 Å². The third-order valence-corrected chi connectivity index (χ3v) is 2.89. The van der Waals surface area contributed by atoms with E-state index in [4.69, 9.17) is 5.73 Å². The summed E-state index contributed by atoms with van der Waals surface area (Å²) in [4.78, 5) is 0. The van der Waals surface area contributed by atoms with Gasteiger partial charge in [-0.05, 0) is 46.8 Å². The normalized spacial score (nSPS) is 14.1. The molecular formula is C11H11N3O. The number of aryl methyl sites for hydroxylation is 2. The average molecular weight is 201 g/mol. The third-order valence-electron chi connectivity index (χ3n) is 2.89. The Kier molecular flexibility index (Phi) is 1.74. The van der Waals surface area contributed by atoms with Gasteiger partial charge in [-0.1, -0.05) is 12.1 Å². The molecule has 1 aromatic heterocycles. The van der Waals surface area contributed by atoms with E-state index in [1.54, 1.807) is 0 Å². The van der Waals surface area contributed by atoms with Gasteiger partial charge in [-0.3, -0.25) is 0 Å². The molecule has 2 aromatic rings. The maximum absolute atomic E-state index is 5.65. The van der Waals surface area contributed by atoms with E-state index < -0.39 is 0 Å². The van der Waals surface area contributed by atoms with Crippen LogP contribution < -0.4 is 5.73 Å². The van der Waals surface area contributed by atoms with Crippen molar-refractivity contribution < 1.29 is 4.63 Å². The fourth-order valence-corrected chi connectivity index (χ4v) is 2.11. The van der Waals surface area contributed by atoms with E-state index in [1.165, 1.54) is 24.0 Å². The molecule has 4 nitrogen and oxygen atoms in total. The van der Waals surface area contributed by atoms with Gasteiger partial charge in [0.25, 0.3) is 0 Å². The Morgan fingerprint density at radius 2 is 2.00 bits per heavy atom. The van der Waals surface area contributed by atoms with Crippen molar-refractivity contribution in [2.45, 2.75) is 19.3 Å². The van der Waals surface area contributed by atoms with Gasteiger partial charge >= 0.3 is 0 Å². The molecule has 0 radical (unpaired) electrons. The highest BCUT2D eigenvalue weighted by molar-refractivity contribution is 5.70. The summed E-state index contributed by atoms with van der Waals surface area (Å²) in [5.41, 5.74) is 10.1. The van der Waals surface area contributed by atoms with Gasteiger partial charge in [-0.25, -0.2) is 4.63 Å². The molecule has 15 heavy (non-hydrogen) atoms. The highest BCUT2D eigenvalue weighted by atomic mass is 16.6. The van der Waals surface area contributed by atoms with Gasteiger partial charge in [0.2, 0.25) is 0 Å². The molecule has 0 amide bonds. The number of aromatic nitrogens is 2. The third kappa shape index (κ3) is 1.29. The number of hydrogen-bond donors (Lipinski definition) is 1. The van der Waals surface area contributed by atoms with Crippen LogP contribution >= 0.6 is 0 Å². The summed E-state index contributed by atoms with van der Waals surface area (Å²) in [7, 11) is 0. The predicted octanol–water partition coefficient (Wildman–Crippen LogP) is 1.81. The zero-order valence-electron chi connectivity index (χ0n) is 8.23. The largest absolute Gasteiger partial charge is 0.379 e. The fourth-order valence-electron chi connectivity index (χ4n) is 2.11. The molecule has 0 fully saturated rings. The van der Waals surface area contributed by atoms with Crippen molar-refractivity contribution in [2.75, 3.05) is 5.73 Å². The lowest BCUT2D eigenvalue weighted by molar-refractivity contribution is 0.310. The number of nitrogens with two attached hydrogens (primary N) is 1. The highest BCUT2D eigenvalue weighted by Crippen LogP contribution is 2.28. The van der Waals surface area contributed by atoms with Crippen LogP contribution in [0.25, 0.3) is 11.3 Å². The maximum Gasteiger partial charge on any atom is 0.196 e. The van der Waals surface area contributed by atoms with Crippen LogP contribution in [0.1, 0.15) is 17.5 Å². The SMILES string of the molecule is Nc1nonc1-c1ccc2c(c1)CCC2. The quantitative estimate of drug-likeness (QED) is 0.764. The minimum absolute atomic E-state index is 0.355. The Labute approximate surface area is 87.1 Å². The van der Waals surface area contributed by atoms with Crippen LogP contribution in [0, 0.1) is 0 Å². The molecule has 2 N–H and O–H groups in total. The van der Waals surface area contributed by atoms with Gasteiger partial charge < -0.3 is 5.73 Å². The molecule has 1 aliphatic rings. The second-order valence-electron chi connectivity index (χ2n) is 3.84. The lowest BCUT2D eigenvalue weighted by Gasteiger charge is -2.01. The van der Waals surface area contributed by atoms with Gasteiger partial charge in [0, 0.05) is 5.56 Å². The second-order valence-corrected chi connectivity index (χ2v) is 3.84. The first-order valence-electron chi connectivity index (χ1n) is 5.05. The number of rotatable bonds is 1. The molecule has 0 atom stereocenters. The molecule has 0 aliphatic heterocycles. The highest BCUT2D eigenvalue weighted by Gasteiger charge is 2.14. The topological polar surface area (TPSA) is 64.9 Å². The molecule has 0 spiro atoms. The summed E-state index contributed by atoms with van der Waals surface area (Å²) in [6.07, 6.45) is 3.57. The number of nitrogens with zero attached hydrogens (tertiary/aromatic N) is 2. The van der Waals surface area contributed by atoms with E-state index in [0.717, 1.165) is 12.0 Å². The Morgan fingerprint density at radius 1 is 1.13 bits per heavy atom. The Balaban J connectivity index is 2.11. The molecular weight excluding hydrogens is 190 g/mol. The zero-order chi connectivity index (χ0) is 10.3. The summed E-state index contributed by atoms with van der Waals surface area (Å²) >= 11 is 0. The molecule has 0 saturated carbocycles. The Morgan fingerprint density at radius 3 is 2.80 bits per heavy atom. The van der Waals surface area contributed by atoms with Crippen LogP contribution in [0.15, 0.2) is 22.8 Å². The van der Waals surface area contributed by atoms with E-state index in [2.05, 4.69) is 27.1 Å². The smallest absolute Gasteiger partial charge is 0.196 e. The number of hydrogen-bond acceptors (Lipinski definition) is 4. The van der Waals surface area contributed by atoms with E-state index in [-0.39, 0.29) is 0 Å². The summed E-state index contributed by atoms with van der Waals surface area (Å²) in [5.74, 6) is 0.355. The first-order chi connectivity index (χ1) is 7.34. The zero-order valence-corrected chi connectivity index (χ0v) is 8.23. The first kappa shape index (κ1) is 8.47. The summed E-state index contributed by atoms with van der Waals surface area (Å²) in [6.45, 7) is 0. The summed E-state index contributed by atoms with van der Waals surface area (Å²) < 4.78 is 4.59. The van der Waals surface area contributed by atoms with Crippen LogP contribution in [0.3, 0.4) is 0 Å². The van der Waals surface area contributed by atoms with E-state index >= 15 is 0 Å². The van der Waals surface area contributed by atoms with Gasteiger partial charge in [-0.2, -0.15) is 0 Å². The van der Waals surface area contributed by atoms with Crippen molar-refractivity contribution in [1.82, 2.24) is 10.3 Å². The minimum Gasteiger partial charge on any atom is -0.379 e. The second kappa shape index (κ2) is 3.08. The van der Waals surface area contributed by atoms with Crippen LogP contribution in [-0.2, 0) is 12.8 Å². The summed E-state index contributed by atoms with van der Waals surface area (Å²) in [6, 6.07) is 6.31. The van der Waals surface area contributed by atoms with Crippen LogP contribution in [0.4, 0.5) is 5.82 Å². The molecule has 0 saturated heterocycles. The monoisotopic (exact) mass is 201 g/mol. The summed E-state index contributed by atoms with van der Waals surface area (Å²) in [5, 5.41) is 7.38. The van der Waals surface area contributed by atoms with Crippen molar-refractivity contribution in [3.05, 3.63) is 29.3 Å². The number of benzene rings is 1. The van der Waals surface area contributed by atoms with Gasteiger partial charge in [0.05, 0.1) is 0 Å². The standard InChI is InChI=1S/C11H11N3O/c12-11-10(13-15-14-11)9-5-4-7-2-1-3-8(7)6-9/h4-6H,1-3H2,(H2,12,14). The van der Waals surface area contributed by atoms with Crippen molar-refractivity contribution in [3.63, 3.8) is 0 Å². The first-order valence-corrected chi connectivity index (χ1v) is 5.05. The average Bonchev–Trinajstić information content (AvgIpc) is 2.84. The van der Waals surface area contributed by atoms with Crippen LogP contribution in [0.2, 0.25) is 0 Å². The number of anilines is 1. The Hall–Kier alpha value is -1.84. The van der Waals surface area contributed by atoms with Crippen molar-refractivity contribution in [2.24, 2.45) is 0 Å². The molecule has 1 aliphatic carbocycles. The van der Waals surface area contributed by atoms with E-state index in [9.17, 15) is 0 Å². The lowest BCUT2D eigenvalue weighted by Crippen LogP contribution is -1.90. The number of fused-ring (bicyclic) bond motifs is 1. The van der Waals surface area contributed by atoms with Crippen molar-refractivity contribution in [1.29, 1.82) is 0 Å². The number of nitrogen functional groups attached to an aromatic ring is 1. The van der Waals surface area contributed by atoms with Crippen molar-refractivity contribution >= 4 is 5.82 Å². The molecule has 1 heterocycles. The fraction of sp³-hybridized carbons (Fsp3) is 0.273. The molecule has 76 valence electrons. The molecule has 1 aromatic carbocycles. The molecule has 0 unspecified atom stereocenters. The maximum atomic E-state index is 5.65. The van der Waals surface area contributed by atoms with Gasteiger partial charge in [0.1, 0.15) is 0 Å². The van der Waals surface area contributed by atoms with Crippen molar-refractivity contribution in [3.8, 4) is 11.3 Å². The van der Waals surface area contributed by atoms with E-state index in [0.29, 0.717) is 11.5 Å². The lowest BCUT2D eigenvalue weighted by atomic mass is 10.0. The van der Waals surface area contributed by atoms with Gasteiger partial charge in [-0.15, -0.1) is 0 Å². The van der Waals surface area contributed by atoms with Crippen LogP contribution in [-0.4, -0.2) is 10.3 Å². The minimum atomic E-state index is 0.355. The molecule has 4 heteroatoms.